The van der Waals surface area contributed by atoms with Gasteiger partial charge in [0.2, 0.25) is 0 Å². The van der Waals surface area contributed by atoms with E-state index in [-0.39, 0.29) is 29.9 Å². The summed E-state index contributed by atoms with van der Waals surface area (Å²) < 4.78 is 5.07. The summed E-state index contributed by atoms with van der Waals surface area (Å²) in [4.78, 5) is 26.0. The van der Waals surface area contributed by atoms with Crippen LogP contribution < -0.4 is 0 Å². The largest absolute Gasteiger partial charge is 0.507 e. The molecule has 0 aliphatic carbocycles. The maximum Gasteiger partial charge on any atom is 0.342 e. The lowest BCUT2D eigenvalue weighted by atomic mass is 10.00. The van der Waals surface area contributed by atoms with E-state index in [0.29, 0.717) is 0 Å². The third-order valence-electron chi connectivity index (χ3n) is 4.12. The van der Waals surface area contributed by atoms with Gasteiger partial charge >= 0.3 is 5.97 Å². The quantitative estimate of drug-likeness (QED) is 0.868. The summed E-state index contributed by atoms with van der Waals surface area (Å²) in [5.41, 5.74) is 0.938. The monoisotopic (exact) mass is 305 g/mol. The van der Waals surface area contributed by atoms with Crippen LogP contribution in [-0.2, 0) is 9.53 Å². The average Bonchev–Trinajstić information content (AvgIpc) is 2.52. The number of hydrogen-bond donors (Lipinski definition) is 1. The van der Waals surface area contributed by atoms with Crippen LogP contribution in [0.2, 0.25) is 0 Å². The molecule has 0 bridgehead atoms. The lowest BCUT2D eigenvalue weighted by Gasteiger charge is -2.35. The Morgan fingerprint density at radius 2 is 2.14 bits per heavy atom. The van der Waals surface area contributed by atoms with Crippen LogP contribution in [0.4, 0.5) is 0 Å². The number of amides is 1. The molecule has 0 aromatic heterocycles. The molecule has 1 aliphatic heterocycles. The zero-order valence-corrected chi connectivity index (χ0v) is 13.2. The van der Waals surface area contributed by atoms with Crippen molar-refractivity contribution in [1.29, 1.82) is 0 Å². The second kappa shape index (κ2) is 7.29. The molecule has 1 heterocycles. The Labute approximate surface area is 130 Å². The van der Waals surface area contributed by atoms with Crippen LogP contribution in [0.1, 0.15) is 48.5 Å². The van der Waals surface area contributed by atoms with E-state index in [1.54, 1.807) is 6.07 Å². The number of aryl methyl sites for hydroxylation is 1. The summed E-state index contributed by atoms with van der Waals surface area (Å²) in [6.07, 6.45) is 4.06. The first kappa shape index (κ1) is 16.3. The number of nitrogens with zero attached hydrogens (tertiary/aromatic N) is 1. The van der Waals surface area contributed by atoms with Crippen LogP contribution in [0.3, 0.4) is 0 Å². The van der Waals surface area contributed by atoms with Crippen molar-refractivity contribution >= 4 is 11.9 Å². The molecule has 5 heteroatoms. The van der Waals surface area contributed by atoms with E-state index in [4.69, 9.17) is 4.74 Å². The summed E-state index contributed by atoms with van der Waals surface area (Å²) in [6.45, 7) is 4.33. The lowest BCUT2D eigenvalue weighted by molar-refractivity contribution is -0.138. The number of likely N-dealkylation sites (tertiary alicyclic amines) is 1. The number of esters is 1. The van der Waals surface area contributed by atoms with Crippen molar-refractivity contribution in [3.05, 3.63) is 29.3 Å². The molecule has 1 amide bonds. The summed E-state index contributed by atoms with van der Waals surface area (Å²) in [5.74, 6) is -0.954. The minimum Gasteiger partial charge on any atom is -0.507 e. The van der Waals surface area contributed by atoms with Crippen LogP contribution in [-0.4, -0.2) is 41.1 Å². The normalized spacial score (nSPS) is 18.1. The maximum absolute atomic E-state index is 12.2. The van der Waals surface area contributed by atoms with Crippen LogP contribution in [0.5, 0.6) is 5.75 Å². The van der Waals surface area contributed by atoms with Crippen LogP contribution >= 0.6 is 0 Å². The number of phenols is 1. The fourth-order valence-electron chi connectivity index (χ4n) is 2.86. The van der Waals surface area contributed by atoms with Crippen molar-refractivity contribution in [1.82, 2.24) is 4.90 Å². The number of benzene rings is 1. The van der Waals surface area contributed by atoms with Crippen molar-refractivity contribution in [2.75, 3.05) is 13.2 Å². The van der Waals surface area contributed by atoms with Gasteiger partial charge in [-0.05, 0) is 50.3 Å². The van der Waals surface area contributed by atoms with Gasteiger partial charge in [0.25, 0.3) is 5.91 Å². The molecule has 1 fully saturated rings. The minimum atomic E-state index is -0.670. The highest BCUT2D eigenvalue weighted by molar-refractivity contribution is 5.94. The van der Waals surface area contributed by atoms with Gasteiger partial charge in [-0.1, -0.05) is 13.0 Å². The number of aromatic hydroxyl groups is 1. The molecule has 1 saturated heterocycles. The second-order valence-corrected chi connectivity index (χ2v) is 5.74. The molecular weight excluding hydrogens is 282 g/mol. The topological polar surface area (TPSA) is 66.8 Å². The van der Waals surface area contributed by atoms with Gasteiger partial charge in [-0.3, -0.25) is 4.79 Å². The molecule has 1 N–H and O–H groups in total. The van der Waals surface area contributed by atoms with Crippen molar-refractivity contribution in [3.63, 3.8) is 0 Å². The first-order valence-electron chi connectivity index (χ1n) is 7.79. The summed E-state index contributed by atoms with van der Waals surface area (Å²) in [5, 5.41) is 9.76. The Hall–Kier alpha value is -2.04. The van der Waals surface area contributed by atoms with Gasteiger partial charge in [0.1, 0.15) is 11.3 Å². The summed E-state index contributed by atoms with van der Waals surface area (Å²) in [6, 6.07) is 4.96. The molecule has 0 saturated carbocycles. The molecule has 1 aromatic rings. The minimum absolute atomic E-state index is 0.0871. The smallest absolute Gasteiger partial charge is 0.342 e. The SMILES string of the molecule is CC[C@H]1CCCCN1C(=O)COC(=O)c1ccc(C)cc1O. The number of ether oxygens (including phenoxy) is 1. The van der Waals surface area contributed by atoms with E-state index in [1.807, 2.05) is 11.8 Å². The number of carbonyl (C=O) groups is 2. The van der Waals surface area contributed by atoms with E-state index in [2.05, 4.69) is 6.92 Å². The Morgan fingerprint density at radius 3 is 2.82 bits per heavy atom. The predicted molar refractivity (Wildman–Crippen MR) is 82.8 cm³/mol. The molecule has 1 atom stereocenters. The molecule has 120 valence electrons. The highest BCUT2D eigenvalue weighted by Gasteiger charge is 2.26. The Balaban J connectivity index is 1.94. The van der Waals surface area contributed by atoms with E-state index in [9.17, 15) is 14.7 Å². The van der Waals surface area contributed by atoms with E-state index < -0.39 is 5.97 Å². The van der Waals surface area contributed by atoms with Crippen molar-refractivity contribution in [2.24, 2.45) is 0 Å². The molecule has 1 aliphatic rings. The number of rotatable bonds is 4. The van der Waals surface area contributed by atoms with Gasteiger partial charge in [-0.15, -0.1) is 0 Å². The number of hydrogen-bond acceptors (Lipinski definition) is 4. The van der Waals surface area contributed by atoms with Crippen molar-refractivity contribution in [2.45, 2.75) is 45.6 Å². The first-order chi connectivity index (χ1) is 10.5. The van der Waals surface area contributed by atoms with Crippen molar-refractivity contribution in [3.8, 4) is 5.75 Å². The fraction of sp³-hybridized carbons (Fsp3) is 0.529. The molecule has 0 unspecified atom stereocenters. The second-order valence-electron chi connectivity index (χ2n) is 5.74. The van der Waals surface area contributed by atoms with Crippen LogP contribution in [0, 0.1) is 6.92 Å². The Bertz CT molecular complexity index is 556. The third-order valence-corrected chi connectivity index (χ3v) is 4.12. The first-order valence-corrected chi connectivity index (χ1v) is 7.79. The van der Waals surface area contributed by atoms with Crippen LogP contribution in [0.25, 0.3) is 0 Å². The standard InChI is InChI=1S/C17H23NO4/c1-3-13-6-4-5-9-18(13)16(20)11-22-17(21)14-8-7-12(2)10-15(14)19/h7-8,10,13,19H,3-6,9,11H2,1-2H3/t13-/m0/s1. The lowest BCUT2D eigenvalue weighted by Crippen LogP contribution is -2.45. The molecule has 0 spiro atoms. The fourth-order valence-corrected chi connectivity index (χ4v) is 2.86. The van der Waals surface area contributed by atoms with Crippen LogP contribution in [0.15, 0.2) is 18.2 Å². The van der Waals surface area contributed by atoms with Gasteiger partial charge < -0.3 is 14.7 Å². The summed E-state index contributed by atoms with van der Waals surface area (Å²) in [7, 11) is 0. The average molecular weight is 305 g/mol. The zero-order valence-electron chi connectivity index (χ0n) is 13.2. The maximum atomic E-state index is 12.2. The number of carbonyl (C=O) groups excluding carboxylic acids is 2. The molecule has 22 heavy (non-hydrogen) atoms. The van der Waals surface area contributed by atoms with E-state index in [0.717, 1.165) is 37.8 Å². The molecule has 1 aromatic carbocycles. The third kappa shape index (κ3) is 3.78. The van der Waals surface area contributed by atoms with Crippen molar-refractivity contribution < 1.29 is 19.4 Å². The molecule has 5 nitrogen and oxygen atoms in total. The molecular formula is C17H23NO4. The predicted octanol–water partition coefficient (Wildman–Crippen LogP) is 2.65. The number of phenolic OH excluding ortho intramolecular Hbond substituents is 1. The van der Waals surface area contributed by atoms with E-state index >= 15 is 0 Å². The van der Waals surface area contributed by atoms with Gasteiger partial charge in [0, 0.05) is 12.6 Å². The Morgan fingerprint density at radius 1 is 1.36 bits per heavy atom. The molecule has 2 rings (SSSR count). The highest BCUT2D eigenvalue weighted by Crippen LogP contribution is 2.21. The number of piperidine rings is 1. The highest BCUT2D eigenvalue weighted by atomic mass is 16.5. The summed E-state index contributed by atoms with van der Waals surface area (Å²) >= 11 is 0. The molecule has 0 radical (unpaired) electrons. The van der Waals surface area contributed by atoms with Gasteiger partial charge in [-0.2, -0.15) is 0 Å². The van der Waals surface area contributed by atoms with Gasteiger partial charge in [0.15, 0.2) is 6.61 Å². The zero-order chi connectivity index (χ0) is 16.1. The van der Waals surface area contributed by atoms with E-state index in [1.165, 1.54) is 12.1 Å². The van der Waals surface area contributed by atoms with Gasteiger partial charge in [-0.25, -0.2) is 4.79 Å². The Kier molecular flexibility index (Phi) is 5.41. The van der Waals surface area contributed by atoms with Gasteiger partial charge in [0.05, 0.1) is 0 Å².